The molecule has 0 saturated heterocycles. The molecule has 6 nitrogen and oxygen atoms in total. The van der Waals surface area contributed by atoms with Gasteiger partial charge in [0.2, 0.25) is 5.88 Å². The van der Waals surface area contributed by atoms with Crippen molar-refractivity contribution in [2.24, 2.45) is 7.05 Å². The van der Waals surface area contributed by atoms with Gasteiger partial charge in [-0.25, -0.2) is 9.67 Å². The second-order valence-corrected chi connectivity index (χ2v) is 6.79. The zero-order valence-electron chi connectivity index (χ0n) is 13.3. The average molecular weight is 320 g/mol. The number of rotatable bonds is 3. The van der Waals surface area contributed by atoms with Gasteiger partial charge in [-0.15, -0.1) is 11.3 Å². The van der Waals surface area contributed by atoms with Gasteiger partial charge in [-0.2, -0.15) is 5.10 Å². The van der Waals surface area contributed by atoms with Crippen molar-refractivity contribution in [2.75, 3.05) is 14.2 Å². The molecular formula is C15H20N4O2S. The number of carbonyl (C=O) groups is 1. The molecule has 1 aliphatic rings. The molecule has 0 aliphatic heterocycles. The van der Waals surface area contributed by atoms with Gasteiger partial charge in [-0.05, 0) is 26.2 Å². The lowest BCUT2D eigenvalue weighted by molar-refractivity contribution is 0.0714. The number of thiazole rings is 1. The summed E-state index contributed by atoms with van der Waals surface area (Å²) in [6, 6.07) is 0.0902. The van der Waals surface area contributed by atoms with Crippen LogP contribution in [0, 0.1) is 6.92 Å². The summed E-state index contributed by atoms with van der Waals surface area (Å²) in [5.74, 6) is 0.433. The second kappa shape index (κ2) is 5.72. The number of hydrogen-bond acceptors (Lipinski definition) is 5. The average Bonchev–Trinajstić information content (AvgIpc) is 3.06. The third-order valence-corrected chi connectivity index (χ3v) is 5.24. The molecule has 2 aromatic rings. The lowest BCUT2D eigenvalue weighted by atomic mass is 9.96. The van der Waals surface area contributed by atoms with E-state index in [-0.39, 0.29) is 11.9 Å². The van der Waals surface area contributed by atoms with E-state index in [2.05, 4.69) is 10.1 Å². The summed E-state index contributed by atoms with van der Waals surface area (Å²) in [5.41, 5.74) is 1.65. The van der Waals surface area contributed by atoms with Crippen LogP contribution in [0.5, 0.6) is 5.88 Å². The number of amides is 1. The van der Waals surface area contributed by atoms with Crippen molar-refractivity contribution < 1.29 is 9.53 Å². The fourth-order valence-electron chi connectivity index (χ4n) is 3.04. The van der Waals surface area contributed by atoms with Gasteiger partial charge in [0.1, 0.15) is 5.56 Å². The van der Waals surface area contributed by atoms with E-state index in [4.69, 9.17) is 4.74 Å². The molecule has 2 aromatic heterocycles. The Labute approximate surface area is 133 Å². The number of carbonyl (C=O) groups excluding carboxylic acids is 1. The second-order valence-electron chi connectivity index (χ2n) is 5.56. The van der Waals surface area contributed by atoms with Gasteiger partial charge in [0, 0.05) is 14.1 Å². The lowest BCUT2D eigenvalue weighted by Gasteiger charge is -2.30. The van der Waals surface area contributed by atoms with Crippen LogP contribution in [0.2, 0.25) is 0 Å². The number of aromatic nitrogens is 3. The summed E-state index contributed by atoms with van der Waals surface area (Å²) in [6.07, 6.45) is 4.61. The van der Waals surface area contributed by atoms with Crippen LogP contribution in [0.4, 0.5) is 0 Å². The predicted molar refractivity (Wildman–Crippen MR) is 84.4 cm³/mol. The van der Waals surface area contributed by atoms with Crippen LogP contribution < -0.4 is 4.74 Å². The zero-order valence-corrected chi connectivity index (χ0v) is 14.1. The zero-order chi connectivity index (χ0) is 15.9. The predicted octanol–water partition coefficient (Wildman–Crippen LogP) is 2.34. The first-order chi connectivity index (χ1) is 10.5. The molecule has 22 heavy (non-hydrogen) atoms. The minimum Gasteiger partial charge on any atom is -0.481 e. The van der Waals surface area contributed by atoms with Crippen molar-refractivity contribution >= 4 is 17.2 Å². The number of fused-ring (bicyclic) bond motifs is 1. The first kappa shape index (κ1) is 15.0. The van der Waals surface area contributed by atoms with E-state index in [0.717, 1.165) is 30.0 Å². The number of ether oxygens (including phenoxy) is 1. The highest BCUT2D eigenvalue weighted by molar-refractivity contribution is 7.11. The number of hydrogen-bond donors (Lipinski definition) is 0. The van der Waals surface area contributed by atoms with Crippen LogP contribution in [0.15, 0.2) is 6.20 Å². The first-order valence-corrected chi connectivity index (χ1v) is 8.14. The Kier molecular flexibility index (Phi) is 3.90. The summed E-state index contributed by atoms with van der Waals surface area (Å²) in [6.45, 7) is 2.02. The maximum Gasteiger partial charge on any atom is 0.261 e. The highest BCUT2D eigenvalue weighted by Crippen LogP contribution is 2.38. The summed E-state index contributed by atoms with van der Waals surface area (Å²) < 4.78 is 6.87. The summed E-state index contributed by atoms with van der Waals surface area (Å²) in [4.78, 5) is 20.4. The maximum atomic E-state index is 12.8. The summed E-state index contributed by atoms with van der Waals surface area (Å²) in [7, 11) is 5.17. The molecule has 1 aliphatic carbocycles. The Morgan fingerprint density at radius 2 is 2.32 bits per heavy atom. The first-order valence-electron chi connectivity index (χ1n) is 7.32. The van der Waals surface area contributed by atoms with Crippen LogP contribution in [-0.2, 0) is 13.5 Å². The van der Waals surface area contributed by atoms with Gasteiger partial charge >= 0.3 is 0 Å². The van der Waals surface area contributed by atoms with Crippen molar-refractivity contribution in [3.05, 3.63) is 27.3 Å². The van der Waals surface area contributed by atoms with Crippen LogP contribution in [0.1, 0.15) is 44.8 Å². The molecule has 3 rings (SSSR count). The van der Waals surface area contributed by atoms with Crippen molar-refractivity contribution in [3.8, 4) is 5.88 Å². The highest BCUT2D eigenvalue weighted by Gasteiger charge is 2.31. The van der Waals surface area contributed by atoms with Crippen LogP contribution >= 0.6 is 11.3 Å². The standard InChI is InChI=1S/C15H20N4O2S/c1-9-17-11-6-5-7-12(13(11)22-9)18(2)14(20)10-8-16-19(3)15(10)21-4/h8,12H,5-7H2,1-4H3. The van der Waals surface area contributed by atoms with E-state index < -0.39 is 0 Å². The van der Waals surface area contributed by atoms with Gasteiger partial charge < -0.3 is 9.64 Å². The Hall–Kier alpha value is -1.89. The van der Waals surface area contributed by atoms with E-state index in [9.17, 15) is 4.79 Å². The Morgan fingerprint density at radius 3 is 3.05 bits per heavy atom. The molecule has 0 bridgehead atoms. The molecular weight excluding hydrogens is 300 g/mol. The maximum absolute atomic E-state index is 12.8. The highest BCUT2D eigenvalue weighted by atomic mass is 32.1. The van der Waals surface area contributed by atoms with Crippen molar-refractivity contribution in [3.63, 3.8) is 0 Å². The van der Waals surface area contributed by atoms with Gasteiger partial charge in [-0.3, -0.25) is 4.79 Å². The largest absolute Gasteiger partial charge is 0.481 e. The Bertz CT molecular complexity index is 706. The molecule has 2 heterocycles. The Morgan fingerprint density at radius 1 is 1.55 bits per heavy atom. The van der Waals surface area contributed by atoms with Crippen molar-refractivity contribution in [2.45, 2.75) is 32.2 Å². The van der Waals surface area contributed by atoms with Gasteiger partial charge in [0.05, 0.1) is 34.9 Å². The minimum atomic E-state index is -0.0612. The molecule has 118 valence electrons. The topological polar surface area (TPSA) is 60.2 Å². The third kappa shape index (κ3) is 2.39. The van der Waals surface area contributed by atoms with Gasteiger partial charge in [0.25, 0.3) is 5.91 Å². The molecule has 0 spiro atoms. The van der Waals surface area contributed by atoms with Crippen LogP contribution in [0.25, 0.3) is 0 Å². The lowest BCUT2D eigenvalue weighted by Crippen LogP contribution is -2.32. The Balaban J connectivity index is 1.91. The fraction of sp³-hybridized carbons (Fsp3) is 0.533. The fourth-order valence-corrected chi connectivity index (χ4v) is 4.19. The number of aryl methyl sites for hydroxylation is 3. The summed E-state index contributed by atoms with van der Waals surface area (Å²) >= 11 is 1.70. The monoisotopic (exact) mass is 320 g/mol. The van der Waals surface area contributed by atoms with E-state index in [0.29, 0.717) is 11.4 Å². The summed E-state index contributed by atoms with van der Waals surface area (Å²) in [5, 5.41) is 5.19. The van der Waals surface area contributed by atoms with E-state index in [1.165, 1.54) is 4.88 Å². The number of methoxy groups -OCH3 is 1. The van der Waals surface area contributed by atoms with Crippen molar-refractivity contribution in [1.82, 2.24) is 19.7 Å². The minimum absolute atomic E-state index is 0.0612. The van der Waals surface area contributed by atoms with E-state index in [1.54, 1.807) is 41.3 Å². The molecule has 0 aromatic carbocycles. The smallest absolute Gasteiger partial charge is 0.261 e. The molecule has 0 radical (unpaired) electrons. The quantitative estimate of drug-likeness (QED) is 0.871. The molecule has 1 unspecified atom stereocenters. The van der Waals surface area contributed by atoms with E-state index >= 15 is 0 Å². The van der Waals surface area contributed by atoms with Gasteiger partial charge in [0.15, 0.2) is 0 Å². The molecule has 0 N–H and O–H groups in total. The SMILES string of the molecule is COc1c(C(=O)N(C)C2CCCc3nc(C)sc32)cnn1C. The third-order valence-electron chi connectivity index (χ3n) is 4.12. The van der Waals surface area contributed by atoms with E-state index in [1.807, 2.05) is 14.0 Å². The van der Waals surface area contributed by atoms with Gasteiger partial charge in [-0.1, -0.05) is 0 Å². The molecule has 0 saturated carbocycles. The molecule has 0 fully saturated rings. The molecule has 1 atom stereocenters. The normalized spacial score (nSPS) is 17.2. The number of nitrogens with zero attached hydrogens (tertiary/aromatic N) is 4. The molecule has 7 heteroatoms. The molecule has 1 amide bonds. The van der Waals surface area contributed by atoms with Crippen LogP contribution in [0.3, 0.4) is 0 Å². The van der Waals surface area contributed by atoms with Crippen LogP contribution in [-0.4, -0.2) is 39.7 Å². The van der Waals surface area contributed by atoms with Crippen molar-refractivity contribution in [1.29, 1.82) is 0 Å².